The van der Waals surface area contributed by atoms with E-state index in [2.05, 4.69) is 13.8 Å². The number of carbonyl (C=O) groups is 1. The van der Waals surface area contributed by atoms with Crippen LogP contribution in [0.25, 0.3) is 0 Å². The monoisotopic (exact) mass is 332 g/mol. The molecule has 0 bridgehead atoms. The number of nitrogens with zero attached hydrogens (tertiary/aromatic N) is 2. The zero-order chi connectivity index (χ0) is 17.4. The van der Waals surface area contributed by atoms with Gasteiger partial charge in [-0.2, -0.15) is 0 Å². The van der Waals surface area contributed by atoms with Crippen molar-refractivity contribution in [3.8, 4) is 0 Å². The molecule has 1 atom stereocenters. The zero-order valence-corrected chi connectivity index (χ0v) is 14.4. The fourth-order valence-corrected chi connectivity index (χ4v) is 3.50. The van der Waals surface area contributed by atoms with Gasteiger partial charge < -0.3 is 4.74 Å². The molecule has 0 radical (unpaired) electrons. The van der Waals surface area contributed by atoms with Crippen molar-refractivity contribution in [1.82, 2.24) is 5.01 Å². The van der Waals surface area contributed by atoms with Crippen LogP contribution in [-0.4, -0.2) is 23.4 Å². The molecule has 126 valence electrons. The van der Waals surface area contributed by atoms with Crippen LogP contribution in [0, 0.1) is 0 Å². The first-order chi connectivity index (χ1) is 12.1. The number of ether oxygens (including phenoxy) is 1. The van der Waals surface area contributed by atoms with Gasteiger partial charge in [0.15, 0.2) is 5.54 Å². The van der Waals surface area contributed by atoms with E-state index in [1.165, 1.54) is 11.1 Å². The summed E-state index contributed by atoms with van der Waals surface area (Å²) >= 11 is 0. The topological polar surface area (TPSA) is 41.9 Å². The van der Waals surface area contributed by atoms with E-state index in [4.69, 9.17) is 9.84 Å². The Morgan fingerprint density at radius 2 is 1.60 bits per heavy atom. The highest BCUT2D eigenvalue weighted by Crippen LogP contribution is 2.43. The quantitative estimate of drug-likeness (QED) is 0.620. The van der Waals surface area contributed by atoms with Crippen molar-refractivity contribution >= 4 is 11.9 Å². The highest BCUT2D eigenvalue weighted by Gasteiger charge is 2.52. The second-order valence-electron chi connectivity index (χ2n) is 6.68. The molecule has 25 heavy (non-hydrogen) atoms. The number of benzene rings is 2. The Morgan fingerprint density at radius 3 is 2.28 bits per heavy atom. The fraction of sp³-hybridized carbons (Fsp3) is 0.238. The van der Waals surface area contributed by atoms with Gasteiger partial charge in [0.05, 0.1) is 6.54 Å². The standard InChI is InChI=1S/C21H20N2O2/c1-15-13-21(18-11-7-4-8-12-18)20(24)25-19(17-9-5-3-6-10-17)22-23(21)14-16(15)2/h3-12H,13-14H2,1-2H3. The van der Waals surface area contributed by atoms with Gasteiger partial charge in [-0.15, -0.1) is 5.10 Å². The van der Waals surface area contributed by atoms with E-state index in [1.807, 2.05) is 65.7 Å². The van der Waals surface area contributed by atoms with E-state index < -0.39 is 5.54 Å². The Morgan fingerprint density at radius 1 is 0.960 bits per heavy atom. The highest BCUT2D eigenvalue weighted by atomic mass is 16.6. The number of carbonyl (C=O) groups excluding carboxylic acids is 1. The van der Waals surface area contributed by atoms with Crippen molar-refractivity contribution in [3.63, 3.8) is 0 Å². The molecule has 0 amide bonds. The molecule has 0 spiro atoms. The number of hydrazone groups is 1. The minimum Gasteiger partial charge on any atom is -0.403 e. The lowest BCUT2D eigenvalue weighted by Crippen LogP contribution is -2.56. The molecule has 2 aliphatic rings. The minimum absolute atomic E-state index is 0.264. The largest absolute Gasteiger partial charge is 0.403 e. The van der Waals surface area contributed by atoms with Gasteiger partial charge in [-0.25, -0.2) is 4.79 Å². The summed E-state index contributed by atoms with van der Waals surface area (Å²) in [6.45, 7) is 4.80. The maximum Gasteiger partial charge on any atom is 0.345 e. The summed E-state index contributed by atoms with van der Waals surface area (Å²) in [6.07, 6.45) is 0.591. The molecule has 2 heterocycles. The molecule has 2 aromatic carbocycles. The summed E-state index contributed by atoms with van der Waals surface area (Å²) in [4.78, 5) is 13.2. The minimum atomic E-state index is -0.886. The van der Waals surface area contributed by atoms with Gasteiger partial charge in [0.1, 0.15) is 0 Å². The number of hydrogen-bond acceptors (Lipinski definition) is 4. The first kappa shape index (κ1) is 15.6. The Bertz CT molecular complexity index is 871. The Kier molecular flexibility index (Phi) is 3.68. The van der Waals surface area contributed by atoms with Crippen LogP contribution in [0.4, 0.5) is 0 Å². The number of hydrogen-bond donors (Lipinski definition) is 0. The van der Waals surface area contributed by atoms with Gasteiger partial charge in [0.25, 0.3) is 0 Å². The zero-order valence-electron chi connectivity index (χ0n) is 14.4. The summed E-state index contributed by atoms with van der Waals surface area (Å²) in [7, 11) is 0. The molecule has 4 nitrogen and oxygen atoms in total. The molecule has 4 heteroatoms. The van der Waals surface area contributed by atoms with Crippen LogP contribution in [0.15, 0.2) is 76.9 Å². The third-order valence-electron chi connectivity index (χ3n) is 5.09. The van der Waals surface area contributed by atoms with Crippen LogP contribution in [0.1, 0.15) is 31.4 Å². The molecule has 0 fully saturated rings. The van der Waals surface area contributed by atoms with Crippen LogP contribution in [0.3, 0.4) is 0 Å². The van der Waals surface area contributed by atoms with Crippen LogP contribution in [-0.2, 0) is 15.1 Å². The lowest BCUT2D eigenvalue weighted by atomic mass is 9.79. The van der Waals surface area contributed by atoms with Crippen LogP contribution in [0.2, 0.25) is 0 Å². The van der Waals surface area contributed by atoms with Crippen molar-refractivity contribution in [2.45, 2.75) is 25.8 Å². The van der Waals surface area contributed by atoms with E-state index in [-0.39, 0.29) is 5.97 Å². The summed E-state index contributed by atoms with van der Waals surface area (Å²) in [5, 5.41) is 6.63. The van der Waals surface area contributed by atoms with Gasteiger partial charge in [-0.1, -0.05) is 59.7 Å². The third-order valence-corrected chi connectivity index (χ3v) is 5.09. The van der Waals surface area contributed by atoms with Crippen molar-refractivity contribution in [3.05, 3.63) is 82.9 Å². The van der Waals surface area contributed by atoms with Gasteiger partial charge in [0, 0.05) is 12.0 Å². The van der Waals surface area contributed by atoms with E-state index >= 15 is 0 Å². The summed E-state index contributed by atoms with van der Waals surface area (Å²) in [5.41, 5.74) is 3.31. The van der Waals surface area contributed by atoms with Crippen molar-refractivity contribution in [1.29, 1.82) is 0 Å². The van der Waals surface area contributed by atoms with Crippen LogP contribution < -0.4 is 0 Å². The smallest absolute Gasteiger partial charge is 0.345 e. The molecule has 4 rings (SSSR count). The molecule has 2 aliphatic heterocycles. The first-order valence-corrected chi connectivity index (χ1v) is 8.46. The van der Waals surface area contributed by atoms with Crippen LogP contribution in [0.5, 0.6) is 0 Å². The molecule has 1 unspecified atom stereocenters. The number of cyclic esters (lactones) is 1. The average Bonchev–Trinajstić information content (AvgIpc) is 2.65. The summed E-state index contributed by atoms with van der Waals surface area (Å²) in [6, 6.07) is 19.4. The molecule has 0 aliphatic carbocycles. The molecule has 0 saturated heterocycles. The Hall–Kier alpha value is -2.88. The van der Waals surface area contributed by atoms with E-state index in [0.29, 0.717) is 18.9 Å². The second-order valence-corrected chi connectivity index (χ2v) is 6.68. The van der Waals surface area contributed by atoms with E-state index in [9.17, 15) is 4.79 Å². The molecule has 0 saturated carbocycles. The van der Waals surface area contributed by atoms with Crippen LogP contribution >= 0.6 is 0 Å². The van der Waals surface area contributed by atoms with Gasteiger partial charge >= 0.3 is 5.97 Å². The lowest BCUT2D eigenvalue weighted by molar-refractivity contribution is -0.154. The van der Waals surface area contributed by atoms with Gasteiger partial charge in [-0.3, -0.25) is 5.01 Å². The second kappa shape index (κ2) is 5.88. The van der Waals surface area contributed by atoms with Crippen molar-refractivity contribution in [2.24, 2.45) is 5.10 Å². The number of esters is 1. The van der Waals surface area contributed by atoms with E-state index in [1.54, 1.807) is 0 Å². The molecular formula is C21H20N2O2. The molecule has 2 aromatic rings. The predicted octanol–water partition coefficient (Wildman–Crippen LogP) is 3.84. The summed E-state index contributed by atoms with van der Waals surface area (Å²) < 4.78 is 5.73. The number of rotatable bonds is 2. The maximum atomic E-state index is 13.2. The molecule has 0 aromatic heterocycles. The predicted molar refractivity (Wildman–Crippen MR) is 96.9 cm³/mol. The molecule has 0 N–H and O–H groups in total. The van der Waals surface area contributed by atoms with E-state index in [0.717, 1.165) is 11.1 Å². The summed E-state index contributed by atoms with van der Waals surface area (Å²) in [5.74, 6) is 0.101. The Balaban J connectivity index is 1.87. The SMILES string of the molecule is CC1=C(C)CC2(c3ccccc3)C(=O)OC(c3ccccc3)=NN2C1. The first-order valence-electron chi connectivity index (χ1n) is 8.46. The molecular weight excluding hydrogens is 312 g/mol. The maximum absolute atomic E-state index is 13.2. The third kappa shape index (κ3) is 2.45. The number of fused-ring (bicyclic) bond motifs is 1. The van der Waals surface area contributed by atoms with Crippen molar-refractivity contribution < 1.29 is 9.53 Å². The highest BCUT2D eigenvalue weighted by molar-refractivity contribution is 6.04. The normalized spacial score (nSPS) is 23.0. The Labute approximate surface area is 147 Å². The van der Waals surface area contributed by atoms with Gasteiger partial charge in [-0.05, 0) is 31.5 Å². The lowest BCUT2D eigenvalue weighted by Gasteiger charge is -2.46. The van der Waals surface area contributed by atoms with Crippen molar-refractivity contribution in [2.75, 3.05) is 6.54 Å². The average molecular weight is 332 g/mol. The fourth-order valence-electron chi connectivity index (χ4n) is 3.50. The van der Waals surface area contributed by atoms with Gasteiger partial charge in [0.2, 0.25) is 5.90 Å².